The highest BCUT2D eigenvalue weighted by Crippen LogP contribution is 1.87. The number of esters is 1. The van der Waals surface area contributed by atoms with Gasteiger partial charge in [0.15, 0.2) is 0 Å². The van der Waals surface area contributed by atoms with Crippen LogP contribution in [0, 0.1) is 0 Å². The zero-order valence-corrected chi connectivity index (χ0v) is 7.53. The molecule has 0 radical (unpaired) electrons. The summed E-state index contributed by atoms with van der Waals surface area (Å²) < 4.78 is 4.39. The molecule has 68 valence electrons. The first-order valence-corrected chi connectivity index (χ1v) is 3.56. The van der Waals surface area contributed by atoms with Crippen LogP contribution in [-0.2, 0) is 14.3 Å². The number of carbonyl (C=O) groups excluding carboxylic acids is 2. The Bertz CT molecular complexity index is 198. The molecule has 0 aromatic carbocycles. The maximum absolute atomic E-state index is 11.0. The van der Waals surface area contributed by atoms with Gasteiger partial charge in [-0.2, -0.15) is 0 Å². The van der Waals surface area contributed by atoms with Gasteiger partial charge in [-0.15, -0.1) is 0 Å². The van der Waals surface area contributed by atoms with Gasteiger partial charge in [0.2, 0.25) is 5.91 Å². The summed E-state index contributed by atoms with van der Waals surface area (Å²) in [4.78, 5) is 23.0. The molecule has 0 aliphatic rings. The summed E-state index contributed by atoms with van der Waals surface area (Å²) in [6.45, 7) is 1.73. The lowest BCUT2D eigenvalue weighted by molar-refractivity contribution is -0.144. The second-order valence-corrected chi connectivity index (χ2v) is 2.27. The summed E-state index contributed by atoms with van der Waals surface area (Å²) in [5.41, 5.74) is 0. The van der Waals surface area contributed by atoms with Crippen molar-refractivity contribution in [2.45, 2.75) is 6.92 Å². The van der Waals surface area contributed by atoms with Crippen LogP contribution in [0.25, 0.3) is 0 Å². The Kier molecular flexibility index (Phi) is 4.76. The fourth-order valence-electron chi connectivity index (χ4n) is 0.606. The molecule has 0 bridgehead atoms. The van der Waals surface area contributed by atoms with Crippen LogP contribution in [0.15, 0.2) is 12.2 Å². The van der Waals surface area contributed by atoms with Crippen molar-refractivity contribution in [1.82, 2.24) is 4.90 Å². The molecule has 0 heterocycles. The first kappa shape index (κ1) is 10.7. The van der Waals surface area contributed by atoms with Gasteiger partial charge in [-0.25, -0.2) is 0 Å². The average Bonchev–Trinajstić information content (AvgIpc) is 2.04. The third-order valence-corrected chi connectivity index (χ3v) is 1.28. The molecule has 0 aliphatic heterocycles. The summed E-state index contributed by atoms with van der Waals surface area (Å²) in [6, 6.07) is 0. The Morgan fingerprint density at radius 2 is 2.08 bits per heavy atom. The third kappa shape index (κ3) is 3.75. The van der Waals surface area contributed by atoms with Gasteiger partial charge in [0.25, 0.3) is 0 Å². The van der Waals surface area contributed by atoms with Gasteiger partial charge in [-0.1, -0.05) is 6.08 Å². The second kappa shape index (κ2) is 5.35. The molecule has 0 N–H and O–H groups in total. The largest absolute Gasteiger partial charge is 0.468 e. The van der Waals surface area contributed by atoms with Crippen LogP contribution in [0.5, 0.6) is 0 Å². The molecule has 4 heteroatoms. The minimum absolute atomic E-state index is 0.0142. The van der Waals surface area contributed by atoms with E-state index in [1.165, 1.54) is 18.1 Å². The highest BCUT2D eigenvalue weighted by molar-refractivity contribution is 5.89. The monoisotopic (exact) mass is 171 g/mol. The van der Waals surface area contributed by atoms with Gasteiger partial charge < -0.3 is 9.64 Å². The first-order valence-electron chi connectivity index (χ1n) is 3.56. The summed E-state index contributed by atoms with van der Waals surface area (Å²) in [7, 11) is 2.83. The molecule has 0 fully saturated rings. The van der Waals surface area contributed by atoms with E-state index in [0.29, 0.717) is 0 Å². The van der Waals surface area contributed by atoms with Crippen LogP contribution in [0.4, 0.5) is 0 Å². The van der Waals surface area contributed by atoms with Crippen LogP contribution in [0.2, 0.25) is 0 Å². The zero-order chi connectivity index (χ0) is 9.56. The lowest BCUT2D eigenvalue weighted by atomic mass is 10.4. The minimum Gasteiger partial charge on any atom is -0.468 e. The topological polar surface area (TPSA) is 46.6 Å². The number of likely N-dealkylation sites (N-methyl/N-ethyl adjacent to an activating group) is 1. The Morgan fingerprint density at radius 1 is 1.50 bits per heavy atom. The van der Waals surface area contributed by atoms with E-state index in [1.54, 1.807) is 20.0 Å². The average molecular weight is 171 g/mol. The molecule has 0 unspecified atom stereocenters. The van der Waals surface area contributed by atoms with E-state index in [-0.39, 0.29) is 12.5 Å². The predicted octanol–water partition coefficient (Wildman–Crippen LogP) is 0.194. The third-order valence-electron chi connectivity index (χ3n) is 1.28. The second-order valence-electron chi connectivity index (χ2n) is 2.27. The molecule has 0 atom stereocenters. The Morgan fingerprint density at radius 3 is 2.50 bits per heavy atom. The van der Waals surface area contributed by atoms with Crippen LogP contribution in [-0.4, -0.2) is 37.5 Å². The smallest absolute Gasteiger partial charge is 0.325 e. The van der Waals surface area contributed by atoms with E-state index >= 15 is 0 Å². The van der Waals surface area contributed by atoms with E-state index < -0.39 is 5.97 Å². The van der Waals surface area contributed by atoms with E-state index in [1.807, 2.05) is 0 Å². The molecule has 0 aromatic heterocycles. The lowest BCUT2D eigenvalue weighted by Crippen LogP contribution is -2.31. The van der Waals surface area contributed by atoms with Gasteiger partial charge in [-0.3, -0.25) is 9.59 Å². The van der Waals surface area contributed by atoms with Gasteiger partial charge in [-0.05, 0) is 13.0 Å². The van der Waals surface area contributed by atoms with Gasteiger partial charge >= 0.3 is 5.97 Å². The number of amides is 1. The lowest BCUT2D eigenvalue weighted by Gasteiger charge is -2.12. The molecule has 0 saturated carbocycles. The van der Waals surface area contributed by atoms with Gasteiger partial charge in [0, 0.05) is 7.05 Å². The van der Waals surface area contributed by atoms with Crippen molar-refractivity contribution in [3.8, 4) is 0 Å². The summed E-state index contributed by atoms with van der Waals surface area (Å²) in [5, 5.41) is 0. The molecule has 12 heavy (non-hydrogen) atoms. The van der Waals surface area contributed by atoms with Crippen LogP contribution < -0.4 is 0 Å². The first-order chi connectivity index (χ1) is 5.61. The Labute approximate surface area is 71.8 Å². The predicted molar refractivity (Wildman–Crippen MR) is 44.5 cm³/mol. The number of rotatable bonds is 3. The maximum Gasteiger partial charge on any atom is 0.325 e. The SMILES string of the molecule is C/C=C/C(=O)N(C)CC(=O)OC. The molecule has 0 rings (SSSR count). The molecule has 0 saturated heterocycles. The van der Waals surface area contributed by atoms with Crippen molar-refractivity contribution in [3.05, 3.63) is 12.2 Å². The van der Waals surface area contributed by atoms with Crippen molar-refractivity contribution >= 4 is 11.9 Å². The van der Waals surface area contributed by atoms with Crippen molar-refractivity contribution in [2.24, 2.45) is 0 Å². The molecular weight excluding hydrogens is 158 g/mol. The highest BCUT2D eigenvalue weighted by Gasteiger charge is 2.09. The van der Waals surface area contributed by atoms with Crippen molar-refractivity contribution < 1.29 is 14.3 Å². The highest BCUT2D eigenvalue weighted by atomic mass is 16.5. The van der Waals surface area contributed by atoms with Gasteiger partial charge in [0.1, 0.15) is 6.54 Å². The summed E-state index contributed by atoms with van der Waals surface area (Å²) >= 11 is 0. The number of methoxy groups -OCH3 is 1. The van der Waals surface area contributed by atoms with Gasteiger partial charge in [0.05, 0.1) is 7.11 Å². The standard InChI is InChI=1S/C8H13NO3/c1-4-5-7(10)9(2)6-8(11)12-3/h4-5H,6H2,1-3H3/b5-4+. The number of allylic oxidation sites excluding steroid dienone is 1. The zero-order valence-electron chi connectivity index (χ0n) is 7.53. The molecule has 4 nitrogen and oxygen atoms in total. The van der Waals surface area contributed by atoms with Crippen molar-refractivity contribution in [3.63, 3.8) is 0 Å². The van der Waals surface area contributed by atoms with E-state index in [9.17, 15) is 9.59 Å². The molecule has 0 spiro atoms. The van der Waals surface area contributed by atoms with Crippen molar-refractivity contribution in [1.29, 1.82) is 0 Å². The number of hydrogen-bond acceptors (Lipinski definition) is 3. The Hall–Kier alpha value is -1.32. The van der Waals surface area contributed by atoms with Crippen LogP contribution in [0.3, 0.4) is 0 Å². The molecule has 0 aliphatic carbocycles. The van der Waals surface area contributed by atoms with Crippen molar-refractivity contribution in [2.75, 3.05) is 20.7 Å². The fourth-order valence-corrected chi connectivity index (χ4v) is 0.606. The quantitative estimate of drug-likeness (QED) is 0.450. The Balaban J connectivity index is 3.95. The molecule has 1 amide bonds. The number of carbonyl (C=O) groups is 2. The molecular formula is C8H13NO3. The minimum atomic E-state index is -0.421. The number of nitrogens with zero attached hydrogens (tertiary/aromatic N) is 1. The summed E-state index contributed by atoms with van der Waals surface area (Å²) in [5.74, 6) is -0.627. The van der Waals surface area contributed by atoms with Crippen LogP contribution >= 0.6 is 0 Å². The number of hydrogen-bond donors (Lipinski definition) is 0. The van der Waals surface area contributed by atoms with E-state index in [2.05, 4.69) is 4.74 Å². The number of ether oxygens (including phenoxy) is 1. The van der Waals surface area contributed by atoms with Crippen LogP contribution in [0.1, 0.15) is 6.92 Å². The molecule has 0 aromatic rings. The summed E-state index contributed by atoms with van der Waals surface area (Å²) in [6.07, 6.45) is 3.01. The fraction of sp³-hybridized carbons (Fsp3) is 0.500. The normalized spacial score (nSPS) is 9.92. The maximum atomic E-state index is 11.0. The van der Waals surface area contributed by atoms with E-state index in [0.717, 1.165) is 0 Å². The van der Waals surface area contributed by atoms with E-state index in [4.69, 9.17) is 0 Å².